The van der Waals surface area contributed by atoms with E-state index in [4.69, 9.17) is 10.8 Å². The summed E-state index contributed by atoms with van der Waals surface area (Å²) in [6.07, 6.45) is -0.479. The fraction of sp³-hybridized carbons (Fsp3) is 0.444. The van der Waals surface area contributed by atoms with Gasteiger partial charge in [-0.1, -0.05) is 6.07 Å². The topological polar surface area (TPSA) is 99.6 Å². The first-order chi connectivity index (χ1) is 6.65. The molecule has 0 aliphatic heterocycles. The molecule has 1 rings (SSSR count). The summed E-state index contributed by atoms with van der Waals surface area (Å²) in [4.78, 5) is 3.79. The standard InChI is InChI=1S/C9H14N2O3/c10-8-2-1-6(5-11-8)9(14)7(13)3-4-12/h1-2,5,7,9,12-14H,3-4H2,(H2,10,11). The van der Waals surface area contributed by atoms with Crippen molar-refractivity contribution in [1.29, 1.82) is 0 Å². The zero-order valence-corrected chi connectivity index (χ0v) is 7.67. The Bertz CT molecular complexity index is 276. The van der Waals surface area contributed by atoms with E-state index in [9.17, 15) is 10.2 Å². The summed E-state index contributed by atoms with van der Waals surface area (Å²) < 4.78 is 0. The first-order valence-corrected chi connectivity index (χ1v) is 4.33. The van der Waals surface area contributed by atoms with Gasteiger partial charge in [-0.05, 0) is 12.5 Å². The Labute approximate surface area is 81.8 Å². The van der Waals surface area contributed by atoms with Crippen molar-refractivity contribution in [2.45, 2.75) is 18.6 Å². The summed E-state index contributed by atoms with van der Waals surface area (Å²) >= 11 is 0. The molecular formula is C9H14N2O3. The number of rotatable bonds is 4. The van der Waals surface area contributed by atoms with Gasteiger partial charge < -0.3 is 21.1 Å². The average molecular weight is 198 g/mol. The van der Waals surface area contributed by atoms with Crippen molar-refractivity contribution >= 4 is 5.82 Å². The molecule has 5 N–H and O–H groups in total. The van der Waals surface area contributed by atoms with Gasteiger partial charge in [0.15, 0.2) is 0 Å². The molecule has 0 radical (unpaired) electrons. The molecule has 0 aliphatic rings. The molecule has 0 amide bonds. The third-order valence-corrected chi connectivity index (χ3v) is 1.94. The number of nitrogen functional groups attached to an aromatic ring is 1. The van der Waals surface area contributed by atoms with Crippen molar-refractivity contribution < 1.29 is 15.3 Å². The van der Waals surface area contributed by atoms with E-state index < -0.39 is 12.2 Å². The van der Waals surface area contributed by atoms with Crippen LogP contribution in [0.2, 0.25) is 0 Å². The maximum Gasteiger partial charge on any atom is 0.123 e. The molecular weight excluding hydrogens is 184 g/mol. The van der Waals surface area contributed by atoms with E-state index in [-0.39, 0.29) is 13.0 Å². The van der Waals surface area contributed by atoms with Crippen LogP contribution in [0.4, 0.5) is 5.82 Å². The van der Waals surface area contributed by atoms with Crippen molar-refractivity contribution in [3.63, 3.8) is 0 Å². The van der Waals surface area contributed by atoms with Crippen LogP contribution in [0.15, 0.2) is 18.3 Å². The van der Waals surface area contributed by atoms with Crippen LogP contribution in [0.25, 0.3) is 0 Å². The van der Waals surface area contributed by atoms with Crippen LogP contribution in [0, 0.1) is 0 Å². The van der Waals surface area contributed by atoms with E-state index >= 15 is 0 Å². The molecule has 0 aromatic carbocycles. The van der Waals surface area contributed by atoms with Crippen molar-refractivity contribution in [3.05, 3.63) is 23.9 Å². The van der Waals surface area contributed by atoms with Gasteiger partial charge in [0.1, 0.15) is 11.9 Å². The SMILES string of the molecule is Nc1ccc(C(O)C(O)CCO)cn1. The number of aromatic nitrogens is 1. The summed E-state index contributed by atoms with van der Waals surface area (Å²) in [5, 5.41) is 27.5. The molecule has 2 unspecified atom stereocenters. The second kappa shape index (κ2) is 4.90. The minimum Gasteiger partial charge on any atom is -0.396 e. The lowest BCUT2D eigenvalue weighted by molar-refractivity contribution is 0.00405. The summed E-state index contributed by atoms with van der Waals surface area (Å²) in [7, 11) is 0. The van der Waals surface area contributed by atoms with Crippen LogP contribution >= 0.6 is 0 Å². The molecule has 2 atom stereocenters. The molecule has 0 fully saturated rings. The molecule has 14 heavy (non-hydrogen) atoms. The van der Waals surface area contributed by atoms with Gasteiger partial charge >= 0.3 is 0 Å². The molecule has 5 nitrogen and oxygen atoms in total. The molecule has 78 valence electrons. The largest absolute Gasteiger partial charge is 0.396 e. The molecule has 0 aliphatic carbocycles. The Balaban J connectivity index is 2.68. The maximum atomic E-state index is 9.57. The average Bonchev–Trinajstić information content (AvgIpc) is 2.18. The van der Waals surface area contributed by atoms with E-state index in [0.717, 1.165) is 0 Å². The lowest BCUT2D eigenvalue weighted by Crippen LogP contribution is -2.19. The van der Waals surface area contributed by atoms with Crippen LogP contribution in [-0.2, 0) is 0 Å². The molecule has 0 saturated heterocycles. The highest BCUT2D eigenvalue weighted by atomic mass is 16.3. The van der Waals surface area contributed by atoms with Crippen LogP contribution in [0.5, 0.6) is 0 Å². The predicted octanol–water partition coefficient (Wildman–Crippen LogP) is -0.560. The third kappa shape index (κ3) is 2.66. The Morgan fingerprint density at radius 3 is 2.57 bits per heavy atom. The fourth-order valence-corrected chi connectivity index (χ4v) is 1.10. The number of aliphatic hydroxyl groups excluding tert-OH is 3. The van der Waals surface area contributed by atoms with E-state index in [1.807, 2.05) is 0 Å². The van der Waals surface area contributed by atoms with Gasteiger partial charge in [-0.3, -0.25) is 0 Å². The summed E-state index contributed by atoms with van der Waals surface area (Å²) in [6.45, 7) is -0.166. The highest BCUT2D eigenvalue weighted by Crippen LogP contribution is 2.18. The zero-order chi connectivity index (χ0) is 10.6. The monoisotopic (exact) mass is 198 g/mol. The Morgan fingerprint density at radius 2 is 2.07 bits per heavy atom. The highest BCUT2D eigenvalue weighted by Gasteiger charge is 2.17. The van der Waals surface area contributed by atoms with Gasteiger partial charge in [-0.25, -0.2) is 4.98 Å². The number of nitrogens with two attached hydrogens (primary N) is 1. The summed E-state index contributed by atoms with van der Waals surface area (Å²) in [5.41, 5.74) is 5.85. The summed E-state index contributed by atoms with van der Waals surface area (Å²) in [6, 6.07) is 3.14. The molecule has 0 bridgehead atoms. The van der Waals surface area contributed by atoms with Crippen molar-refractivity contribution in [2.24, 2.45) is 0 Å². The van der Waals surface area contributed by atoms with Crippen molar-refractivity contribution in [3.8, 4) is 0 Å². The molecule has 5 heteroatoms. The van der Waals surface area contributed by atoms with E-state index in [1.54, 1.807) is 12.1 Å². The summed E-state index contributed by atoms with van der Waals surface area (Å²) in [5.74, 6) is 0.359. The normalized spacial score (nSPS) is 15.1. The van der Waals surface area contributed by atoms with E-state index in [1.165, 1.54) is 6.20 Å². The molecule has 1 aromatic rings. The minimum atomic E-state index is -1.03. The molecule has 0 saturated carbocycles. The van der Waals surface area contributed by atoms with E-state index in [2.05, 4.69) is 4.98 Å². The quantitative estimate of drug-likeness (QED) is 0.519. The van der Waals surface area contributed by atoms with Gasteiger partial charge in [0.2, 0.25) is 0 Å². The van der Waals surface area contributed by atoms with Gasteiger partial charge in [0, 0.05) is 18.4 Å². The Kier molecular flexibility index (Phi) is 3.82. The lowest BCUT2D eigenvalue weighted by Gasteiger charge is -2.16. The number of pyridine rings is 1. The van der Waals surface area contributed by atoms with E-state index in [0.29, 0.717) is 11.4 Å². The van der Waals surface area contributed by atoms with Gasteiger partial charge in [-0.15, -0.1) is 0 Å². The second-order valence-electron chi connectivity index (χ2n) is 3.04. The van der Waals surface area contributed by atoms with Crippen LogP contribution < -0.4 is 5.73 Å². The number of nitrogens with zero attached hydrogens (tertiary/aromatic N) is 1. The molecule has 1 aromatic heterocycles. The number of hydrogen-bond acceptors (Lipinski definition) is 5. The maximum absolute atomic E-state index is 9.57. The predicted molar refractivity (Wildman–Crippen MR) is 51.3 cm³/mol. The smallest absolute Gasteiger partial charge is 0.123 e. The van der Waals surface area contributed by atoms with Crippen LogP contribution in [0.3, 0.4) is 0 Å². The highest BCUT2D eigenvalue weighted by molar-refractivity contribution is 5.30. The van der Waals surface area contributed by atoms with Crippen molar-refractivity contribution in [2.75, 3.05) is 12.3 Å². The van der Waals surface area contributed by atoms with Gasteiger partial charge in [-0.2, -0.15) is 0 Å². The fourth-order valence-electron chi connectivity index (χ4n) is 1.10. The Hall–Kier alpha value is -1.17. The zero-order valence-electron chi connectivity index (χ0n) is 7.67. The van der Waals surface area contributed by atoms with Crippen LogP contribution in [0.1, 0.15) is 18.1 Å². The number of anilines is 1. The minimum absolute atomic E-state index is 0.130. The second-order valence-corrected chi connectivity index (χ2v) is 3.04. The number of aliphatic hydroxyl groups is 3. The van der Waals surface area contributed by atoms with Crippen molar-refractivity contribution in [1.82, 2.24) is 4.98 Å². The van der Waals surface area contributed by atoms with Gasteiger partial charge in [0.05, 0.1) is 6.10 Å². The first kappa shape index (κ1) is 10.9. The van der Waals surface area contributed by atoms with Gasteiger partial charge in [0.25, 0.3) is 0 Å². The molecule has 1 heterocycles. The van der Waals surface area contributed by atoms with Crippen LogP contribution in [-0.4, -0.2) is 33.0 Å². The number of hydrogen-bond donors (Lipinski definition) is 4. The first-order valence-electron chi connectivity index (χ1n) is 4.33. The molecule has 0 spiro atoms. The third-order valence-electron chi connectivity index (χ3n) is 1.94. The Morgan fingerprint density at radius 1 is 1.36 bits per heavy atom. The lowest BCUT2D eigenvalue weighted by atomic mass is 10.0.